The predicted molar refractivity (Wildman–Crippen MR) is 48.0 cm³/mol. The zero-order chi connectivity index (χ0) is 10.8. The molecule has 0 atom stereocenters. The molecular formula is C7H15N3O4. The number of ketones is 1. The summed E-state index contributed by atoms with van der Waals surface area (Å²) in [5.41, 5.74) is 6.95. The van der Waals surface area contributed by atoms with Gasteiger partial charge >= 0.3 is 0 Å². The van der Waals surface area contributed by atoms with Crippen LogP contribution in [0.4, 0.5) is 0 Å². The molecule has 0 spiro atoms. The highest BCUT2D eigenvalue weighted by Gasteiger charge is 1.99. The van der Waals surface area contributed by atoms with Crippen LogP contribution in [0.25, 0.3) is 0 Å². The number of hydrazine groups is 1. The maximum Gasteiger partial charge on any atom is 0.259 e. The number of hydrogen-bond donors (Lipinski definition) is 3. The van der Waals surface area contributed by atoms with Gasteiger partial charge in [-0.25, -0.2) is 5.84 Å². The summed E-state index contributed by atoms with van der Waals surface area (Å²) in [5.74, 6) is 4.21. The van der Waals surface area contributed by atoms with Gasteiger partial charge in [0.25, 0.3) is 5.91 Å². The van der Waals surface area contributed by atoms with Crippen LogP contribution in [0, 0.1) is 0 Å². The molecule has 0 aromatic heterocycles. The molecule has 0 aromatic carbocycles. The third-order valence-corrected chi connectivity index (χ3v) is 1.26. The lowest BCUT2D eigenvalue weighted by atomic mass is 10.4. The molecule has 0 aliphatic carbocycles. The Morgan fingerprint density at radius 3 is 2.21 bits per heavy atom. The minimum Gasteiger partial charge on any atom is -0.371 e. The summed E-state index contributed by atoms with van der Waals surface area (Å²) >= 11 is 0. The topological polar surface area (TPSA) is 117 Å². The van der Waals surface area contributed by atoms with Gasteiger partial charge < -0.3 is 15.2 Å². The molecule has 0 radical (unpaired) electrons. The Hall–Kier alpha value is -1.02. The fourth-order valence-electron chi connectivity index (χ4n) is 0.569. The Labute approximate surface area is 81.7 Å². The van der Waals surface area contributed by atoms with Gasteiger partial charge in [0.2, 0.25) is 0 Å². The van der Waals surface area contributed by atoms with E-state index < -0.39 is 5.91 Å². The second-order valence-corrected chi connectivity index (χ2v) is 2.42. The van der Waals surface area contributed by atoms with E-state index in [9.17, 15) is 9.59 Å². The van der Waals surface area contributed by atoms with Crippen LogP contribution < -0.4 is 17.0 Å². The normalized spacial score (nSPS) is 9.86. The summed E-state index contributed by atoms with van der Waals surface area (Å²) in [6, 6.07) is 0. The first-order valence-corrected chi connectivity index (χ1v) is 4.07. The van der Waals surface area contributed by atoms with Crippen LogP contribution in [0.15, 0.2) is 0 Å². The maximum absolute atomic E-state index is 10.6. The predicted octanol–water partition coefficient (Wildman–Crippen LogP) is -2.46. The summed E-state index contributed by atoms with van der Waals surface area (Å²) in [4.78, 5) is 21.2. The van der Waals surface area contributed by atoms with Crippen molar-refractivity contribution in [3.05, 3.63) is 0 Å². The molecule has 7 nitrogen and oxygen atoms in total. The number of nitrogens with one attached hydrogen (secondary N) is 1. The van der Waals surface area contributed by atoms with Gasteiger partial charge in [-0.2, -0.15) is 0 Å². The summed E-state index contributed by atoms with van der Waals surface area (Å²) in [6.07, 6.45) is 0. The van der Waals surface area contributed by atoms with Gasteiger partial charge in [-0.15, -0.1) is 0 Å². The highest BCUT2D eigenvalue weighted by molar-refractivity contribution is 5.81. The SMILES string of the molecule is NCC(=O)COCCOCC(=O)NN. The van der Waals surface area contributed by atoms with Crippen molar-refractivity contribution in [2.24, 2.45) is 11.6 Å². The smallest absolute Gasteiger partial charge is 0.259 e. The first kappa shape index (κ1) is 13.0. The molecule has 0 saturated carbocycles. The average molecular weight is 205 g/mol. The van der Waals surface area contributed by atoms with Crippen LogP contribution in [0.1, 0.15) is 0 Å². The largest absolute Gasteiger partial charge is 0.371 e. The van der Waals surface area contributed by atoms with Crippen molar-refractivity contribution in [3.63, 3.8) is 0 Å². The van der Waals surface area contributed by atoms with Gasteiger partial charge in [0.05, 0.1) is 19.8 Å². The Balaban J connectivity index is 3.14. The Kier molecular flexibility index (Phi) is 7.95. The Bertz CT molecular complexity index is 166. The van der Waals surface area contributed by atoms with Crippen molar-refractivity contribution in [2.45, 2.75) is 0 Å². The fraction of sp³-hybridized carbons (Fsp3) is 0.714. The zero-order valence-electron chi connectivity index (χ0n) is 7.82. The lowest BCUT2D eigenvalue weighted by Gasteiger charge is -2.03. The molecule has 0 aliphatic heterocycles. The lowest BCUT2D eigenvalue weighted by Crippen LogP contribution is -2.33. The van der Waals surface area contributed by atoms with E-state index >= 15 is 0 Å². The molecule has 7 heteroatoms. The third kappa shape index (κ3) is 7.62. The second kappa shape index (κ2) is 8.57. The fourth-order valence-corrected chi connectivity index (χ4v) is 0.569. The standard InChI is InChI=1S/C7H15N3O4/c8-3-6(11)4-13-1-2-14-5-7(12)10-9/h1-5,8-9H2,(H,10,12). The van der Waals surface area contributed by atoms with Gasteiger partial charge in [-0.05, 0) is 0 Å². The minimum atomic E-state index is -0.414. The van der Waals surface area contributed by atoms with Crippen LogP contribution in [0.2, 0.25) is 0 Å². The number of hydrogen-bond acceptors (Lipinski definition) is 6. The molecule has 0 fully saturated rings. The number of amides is 1. The van der Waals surface area contributed by atoms with Crippen molar-refractivity contribution in [1.82, 2.24) is 5.43 Å². The van der Waals surface area contributed by atoms with E-state index in [0.717, 1.165) is 0 Å². The molecular weight excluding hydrogens is 190 g/mol. The average Bonchev–Trinajstić information content (AvgIpc) is 2.22. The van der Waals surface area contributed by atoms with Crippen LogP contribution in [0.5, 0.6) is 0 Å². The quantitative estimate of drug-likeness (QED) is 0.175. The van der Waals surface area contributed by atoms with Gasteiger partial charge in [0, 0.05) is 0 Å². The first-order valence-electron chi connectivity index (χ1n) is 4.07. The number of rotatable bonds is 8. The van der Waals surface area contributed by atoms with Crippen LogP contribution in [0.3, 0.4) is 0 Å². The van der Waals surface area contributed by atoms with Gasteiger partial charge in [-0.1, -0.05) is 0 Å². The summed E-state index contributed by atoms with van der Waals surface area (Å²) in [7, 11) is 0. The second-order valence-electron chi connectivity index (χ2n) is 2.42. The molecule has 0 unspecified atom stereocenters. The molecule has 0 saturated heterocycles. The molecule has 14 heavy (non-hydrogen) atoms. The van der Waals surface area contributed by atoms with Gasteiger partial charge in [-0.3, -0.25) is 15.0 Å². The monoisotopic (exact) mass is 205 g/mol. The van der Waals surface area contributed by atoms with Crippen LogP contribution in [-0.4, -0.2) is 44.7 Å². The number of ether oxygens (including phenoxy) is 2. The third-order valence-electron chi connectivity index (χ3n) is 1.26. The number of carbonyl (C=O) groups excluding carboxylic acids is 2. The summed E-state index contributed by atoms with van der Waals surface area (Å²) in [6.45, 7) is 0.291. The first-order chi connectivity index (χ1) is 6.70. The van der Waals surface area contributed by atoms with Crippen molar-refractivity contribution in [1.29, 1.82) is 0 Å². The van der Waals surface area contributed by atoms with Crippen LogP contribution >= 0.6 is 0 Å². The summed E-state index contributed by atoms with van der Waals surface area (Å²) in [5, 5.41) is 0. The zero-order valence-corrected chi connectivity index (χ0v) is 7.82. The summed E-state index contributed by atoms with van der Waals surface area (Å²) < 4.78 is 9.73. The van der Waals surface area contributed by atoms with E-state index in [2.05, 4.69) is 0 Å². The molecule has 82 valence electrons. The van der Waals surface area contributed by atoms with Crippen molar-refractivity contribution < 1.29 is 19.1 Å². The molecule has 0 aliphatic rings. The molecule has 1 amide bonds. The van der Waals surface area contributed by atoms with E-state index in [1.807, 2.05) is 5.43 Å². The van der Waals surface area contributed by atoms with E-state index in [1.165, 1.54) is 0 Å². The molecule has 0 heterocycles. The van der Waals surface area contributed by atoms with Crippen molar-refractivity contribution >= 4 is 11.7 Å². The highest BCUT2D eigenvalue weighted by atomic mass is 16.5. The molecule has 0 rings (SSSR count). The van der Waals surface area contributed by atoms with Gasteiger partial charge in [0.15, 0.2) is 5.78 Å². The number of nitrogens with two attached hydrogens (primary N) is 2. The molecule has 0 bridgehead atoms. The number of carbonyl (C=O) groups is 2. The van der Waals surface area contributed by atoms with E-state index in [1.54, 1.807) is 0 Å². The minimum absolute atomic E-state index is 0.0249. The maximum atomic E-state index is 10.6. The lowest BCUT2D eigenvalue weighted by molar-refractivity contribution is -0.127. The van der Waals surface area contributed by atoms with Crippen molar-refractivity contribution in [2.75, 3.05) is 33.0 Å². The highest BCUT2D eigenvalue weighted by Crippen LogP contribution is 1.79. The van der Waals surface area contributed by atoms with E-state index in [4.69, 9.17) is 21.1 Å². The van der Waals surface area contributed by atoms with Gasteiger partial charge in [0.1, 0.15) is 13.2 Å². The van der Waals surface area contributed by atoms with E-state index in [-0.39, 0.29) is 38.8 Å². The van der Waals surface area contributed by atoms with E-state index in [0.29, 0.717) is 0 Å². The Morgan fingerprint density at radius 2 is 1.71 bits per heavy atom. The van der Waals surface area contributed by atoms with Crippen molar-refractivity contribution in [3.8, 4) is 0 Å². The Morgan fingerprint density at radius 1 is 1.14 bits per heavy atom. The molecule has 5 N–H and O–H groups in total. The van der Waals surface area contributed by atoms with Crippen LogP contribution in [-0.2, 0) is 19.1 Å². The number of Topliss-reactive ketones (excluding diaryl/α,β-unsaturated/α-hetero) is 1. The molecule has 0 aromatic rings.